The van der Waals surface area contributed by atoms with Crippen molar-refractivity contribution in [2.75, 3.05) is 0 Å². The Balaban J connectivity index is 1.69. The Morgan fingerprint density at radius 1 is 0.739 bits per heavy atom. The predicted octanol–water partition coefficient (Wildman–Crippen LogP) is 4.70. The summed E-state index contributed by atoms with van der Waals surface area (Å²) in [7, 11) is 0. The largest absolute Gasteiger partial charge is 0.489 e. The summed E-state index contributed by atoms with van der Waals surface area (Å²) in [5.74, 6) is 0.868. The van der Waals surface area contributed by atoms with Crippen molar-refractivity contribution >= 4 is 0 Å². The first-order valence-electron chi connectivity index (χ1n) is 7.83. The highest BCUT2D eigenvalue weighted by Gasteiger charge is 2.02. The summed E-state index contributed by atoms with van der Waals surface area (Å²) in [6.45, 7) is 3.17. The second-order valence-corrected chi connectivity index (χ2v) is 5.65. The average Bonchev–Trinajstić information content (AvgIpc) is 2.61. The van der Waals surface area contributed by atoms with Gasteiger partial charge >= 0.3 is 0 Å². The SMILES string of the molecule is Cc1ccc(-c2ccc(OCc3ccccc3CN)cc2)cc1. The molecule has 0 heterocycles. The van der Waals surface area contributed by atoms with Gasteiger partial charge in [0.1, 0.15) is 12.4 Å². The van der Waals surface area contributed by atoms with Crippen LogP contribution in [0.5, 0.6) is 5.75 Å². The normalized spacial score (nSPS) is 10.5. The molecule has 0 aliphatic rings. The van der Waals surface area contributed by atoms with Crippen molar-refractivity contribution in [3.8, 4) is 16.9 Å². The first kappa shape index (κ1) is 15.3. The number of aryl methyl sites for hydroxylation is 1. The highest BCUT2D eigenvalue weighted by atomic mass is 16.5. The van der Waals surface area contributed by atoms with Crippen LogP contribution in [0.15, 0.2) is 72.8 Å². The third-order valence-corrected chi connectivity index (χ3v) is 3.97. The van der Waals surface area contributed by atoms with E-state index in [1.165, 1.54) is 16.7 Å². The predicted molar refractivity (Wildman–Crippen MR) is 95.3 cm³/mol. The molecule has 0 amide bonds. The van der Waals surface area contributed by atoms with Crippen molar-refractivity contribution < 1.29 is 4.74 Å². The number of hydrogen-bond acceptors (Lipinski definition) is 2. The fraction of sp³-hybridized carbons (Fsp3) is 0.143. The van der Waals surface area contributed by atoms with Crippen molar-refractivity contribution in [3.63, 3.8) is 0 Å². The van der Waals surface area contributed by atoms with Gasteiger partial charge in [0.05, 0.1) is 0 Å². The molecule has 0 aliphatic heterocycles. The average molecular weight is 303 g/mol. The molecule has 2 heteroatoms. The van der Waals surface area contributed by atoms with E-state index in [1.807, 2.05) is 30.3 Å². The van der Waals surface area contributed by atoms with E-state index in [0.29, 0.717) is 13.2 Å². The quantitative estimate of drug-likeness (QED) is 0.741. The summed E-state index contributed by atoms with van der Waals surface area (Å²) in [6, 6.07) is 24.9. The first-order chi connectivity index (χ1) is 11.3. The van der Waals surface area contributed by atoms with Crippen LogP contribution < -0.4 is 10.5 Å². The Morgan fingerprint density at radius 2 is 1.30 bits per heavy atom. The molecule has 0 bridgehead atoms. The zero-order chi connectivity index (χ0) is 16.1. The van der Waals surface area contributed by atoms with E-state index < -0.39 is 0 Å². The van der Waals surface area contributed by atoms with Gasteiger partial charge in [-0.25, -0.2) is 0 Å². The Hall–Kier alpha value is -2.58. The van der Waals surface area contributed by atoms with E-state index >= 15 is 0 Å². The van der Waals surface area contributed by atoms with Crippen LogP contribution in [0.4, 0.5) is 0 Å². The van der Waals surface area contributed by atoms with Gasteiger partial charge in [-0.05, 0) is 41.3 Å². The number of benzene rings is 3. The zero-order valence-corrected chi connectivity index (χ0v) is 13.3. The molecule has 0 spiro atoms. The second kappa shape index (κ2) is 7.12. The number of nitrogens with two attached hydrogens (primary N) is 1. The van der Waals surface area contributed by atoms with E-state index in [2.05, 4.69) is 49.4 Å². The molecule has 0 radical (unpaired) electrons. The Kier molecular flexibility index (Phi) is 4.74. The standard InChI is InChI=1S/C21H21NO/c1-16-6-8-17(9-7-16)18-10-12-21(13-11-18)23-15-20-5-3-2-4-19(20)14-22/h2-13H,14-15,22H2,1H3. The van der Waals surface area contributed by atoms with Crippen molar-refractivity contribution in [3.05, 3.63) is 89.5 Å². The van der Waals surface area contributed by atoms with E-state index in [4.69, 9.17) is 10.5 Å². The molecule has 0 saturated carbocycles. The number of hydrogen-bond donors (Lipinski definition) is 1. The molecular weight excluding hydrogens is 282 g/mol. The molecule has 0 aliphatic carbocycles. The monoisotopic (exact) mass is 303 g/mol. The lowest BCUT2D eigenvalue weighted by Crippen LogP contribution is -2.04. The lowest BCUT2D eigenvalue weighted by atomic mass is 10.0. The van der Waals surface area contributed by atoms with Gasteiger partial charge in [-0.15, -0.1) is 0 Å². The van der Waals surface area contributed by atoms with Gasteiger partial charge in [0, 0.05) is 6.54 Å². The molecular formula is C21H21NO. The summed E-state index contributed by atoms with van der Waals surface area (Å²) in [6.07, 6.45) is 0. The summed E-state index contributed by atoms with van der Waals surface area (Å²) in [4.78, 5) is 0. The van der Waals surface area contributed by atoms with E-state index in [-0.39, 0.29) is 0 Å². The third-order valence-electron chi connectivity index (χ3n) is 3.97. The van der Waals surface area contributed by atoms with Crippen molar-refractivity contribution in [2.24, 2.45) is 5.73 Å². The molecule has 0 unspecified atom stereocenters. The van der Waals surface area contributed by atoms with Gasteiger partial charge in [-0.3, -0.25) is 0 Å². The fourth-order valence-electron chi connectivity index (χ4n) is 2.55. The molecule has 0 aromatic heterocycles. The summed E-state index contributed by atoms with van der Waals surface area (Å²) >= 11 is 0. The Morgan fingerprint density at radius 3 is 1.91 bits per heavy atom. The Bertz CT molecular complexity index is 761. The van der Waals surface area contributed by atoms with E-state index in [0.717, 1.165) is 16.9 Å². The summed E-state index contributed by atoms with van der Waals surface area (Å²) in [5, 5.41) is 0. The zero-order valence-electron chi connectivity index (χ0n) is 13.3. The van der Waals surface area contributed by atoms with Crippen LogP contribution in [0.2, 0.25) is 0 Å². The maximum Gasteiger partial charge on any atom is 0.119 e. The Labute approximate surface area is 137 Å². The third kappa shape index (κ3) is 3.79. The van der Waals surface area contributed by atoms with E-state index in [9.17, 15) is 0 Å². The first-order valence-corrected chi connectivity index (χ1v) is 7.83. The van der Waals surface area contributed by atoms with Crippen LogP contribution in [-0.4, -0.2) is 0 Å². The van der Waals surface area contributed by atoms with Gasteiger partial charge in [-0.2, -0.15) is 0 Å². The minimum absolute atomic E-state index is 0.534. The van der Waals surface area contributed by atoms with Gasteiger partial charge in [0.2, 0.25) is 0 Å². The van der Waals surface area contributed by atoms with Gasteiger partial charge in [0.15, 0.2) is 0 Å². The fourth-order valence-corrected chi connectivity index (χ4v) is 2.55. The molecule has 3 aromatic carbocycles. The highest BCUT2D eigenvalue weighted by Crippen LogP contribution is 2.23. The molecule has 0 atom stereocenters. The summed E-state index contributed by atoms with van der Waals surface area (Å²) in [5.41, 5.74) is 11.7. The molecule has 3 rings (SSSR count). The number of rotatable bonds is 5. The smallest absolute Gasteiger partial charge is 0.119 e. The molecule has 0 saturated heterocycles. The lowest BCUT2D eigenvalue weighted by molar-refractivity contribution is 0.305. The molecule has 3 aromatic rings. The van der Waals surface area contributed by atoms with Crippen LogP contribution in [0, 0.1) is 6.92 Å². The molecule has 2 nitrogen and oxygen atoms in total. The molecule has 116 valence electrons. The topological polar surface area (TPSA) is 35.2 Å². The maximum atomic E-state index is 5.89. The van der Waals surface area contributed by atoms with Crippen molar-refractivity contribution in [1.29, 1.82) is 0 Å². The van der Waals surface area contributed by atoms with Crippen LogP contribution in [0.25, 0.3) is 11.1 Å². The van der Waals surface area contributed by atoms with Crippen LogP contribution in [0.3, 0.4) is 0 Å². The van der Waals surface area contributed by atoms with Crippen molar-refractivity contribution in [1.82, 2.24) is 0 Å². The second-order valence-electron chi connectivity index (χ2n) is 5.65. The lowest BCUT2D eigenvalue weighted by Gasteiger charge is -2.10. The van der Waals surface area contributed by atoms with Gasteiger partial charge in [-0.1, -0.05) is 66.2 Å². The maximum absolute atomic E-state index is 5.89. The number of ether oxygens (including phenoxy) is 1. The molecule has 23 heavy (non-hydrogen) atoms. The minimum atomic E-state index is 0.534. The summed E-state index contributed by atoms with van der Waals surface area (Å²) < 4.78 is 5.89. The van der Waals surface area contributed by atoms with Gasteiger partial charge < -0.3 is 10.5 Å². The van der Waals surface area contributed by atoms with E-state index in [1.54, 1.807) is 0 Å². The molecule has 0 fully saturated rings. The molecule has 2 N–H and O–H groups in total. The van der Waals surface area contributed by atoms with Gasteiger partial charge in [0.25, 0.3) is 0 Å². The van der Waals surface area contributed by atoms with Crippen molar-refractivity contribution in [2.45, 2.75) is 20.1 Å². The minimum Gasteiger partial charge on any atom is -0.489 e. The van der Waals surface area contributed by atoms with Crippen LogP contribution in [0.1, 0.15) is 16.7 Å². The van der Waals surface area contributed by atoms with Crippen LogP contribution >= 0.6 is 0 Å². The van der Waals surface area contributed by atoms with Crippen LogP contribution in [-0.2, 0) is 13.2 Å². The highest BCUT2D eigenvalue weighted by molar-refractivity contribution is 5.64.